The first kappa shape index (κ1) is 17.0. The lowest BCUT2D eigenvalue weighted by Crippen LogP contribution is -2.44. The molecule has 1 aromatic carbocycles. The minimum atomic E-state index is 0.215. The number of amides is 1. The number of anilines is 1. The van der Waals surface area contributed by atoms with Gasteiger partial charge in [0.15, 0.2) is 0 Å². The second-order valence-electron chi connectivity index (χ2n) is 7.32. The summed E-state index contributed by atoms with van der Waals surface area (Å²) in [6.45, 7) is 2.78. The molecule has 2 unspecified atom stereocenters. The summed E-state index contributed by atoms with van der Waals surface area (Å²) in [4.78, 5) is 21.5. The van der Waals surface area contributed by atoms with Gasteiger partial charge in [0, 0.05) is 49.8 Å². The number of carbonyl (C=O) groups is 1. The average Bonchev–Trinajstić information content (AvgIpc) is 3.01. The SMILES string of the molecule is O=C(CN(Cc1cccnc1)c1ccccc1)N1CCC2CCC(C1)N2. The maximum Gasteiger partial charge on any atom is 0.242 e. The number of fused-ring (bicyclic) bond motifs is 2. The standard InChI is InChI=1S/C21H26N4O/c26-21(24-12-10-18-8-9-19(15-24)23-18)16-25(20-6-2-1-3-7-20)14-17-5-4-11-22-13-17/h1-7,11,13,18-19,23H,8-10,12,14-16H2. The van der Waals surface area contributed by atoms with Gasteiger partial charge in [0.2, 0.25) is 5.91 Å². The number of aromatic nitrogens is 1. The number of nitrogens with zero attached hydrogens (tertiary/aromatic N) is 3. The average molecular weight is 350 g/mol. The third kappa shape index (κ3) is 4.05. The first-order valence-corrected chi connectivity index (χ1v) is 9.50. The first-order valence-electron chi connectivity index (χ1n) is 9.50. The molecule has 2 aromatic rings. The van der Waals surface area contributed by atoms with Gasteiger partial charge in [0.25, 0.3) is 0 Å². The van der Waals surface area contributed by atoms with E-state index in [2.05, 4.69) is 38.3 Å². The molecule has 136 valence electrons. The Morgan fingerprint density at radius 2 is 1.96 bits per heavy atom. The van der Waals surface area contributed by atoms with E-state index in [1.54, 1.807) is 6.20 Å². The zero-order chi connectivity index (χ0) is 17.8. The Hall–Kier alpha value is -2.40. The van der Waals surface area contributed by atoms with Crippen LogP contribution in [0.2, 0.25) is 0 Å². The minimum Gasteiger partial charge on any atom is -0.358 e. The molecule has 2 saturated heterocycles. The number of pyridine rings is 1. The molecule has 26 heavy (non-hydrogen) atoms. The van der Waals surface area contributed by atoms with E-state index in [0.717, 1.165) is 30.8 Å². The molecule has 0 saturated carbocycles. The van der Waals surface area contributed by atoms with E-state index in [9.17, 15) is 4.79 Å². The molecule has 2 aliphatic heterocycles. The normalized spacial score (nSPS) is 22.1. The van der Waals surface area contributed by atoms with Gasteiger partial charge in [-0.05, 0) is 43.0 Å². The second-order valence-corrected chi connectivity index (χ2v) is 7.32. The van der Waals surface area contributed by atoms with Crippen LogP contribution >= 0.6 is 0 Å². The van der Waals surface area contributed by atoms with Gasteiger partial charge in [-0.2, -0.15) is 0 Å². The molecular weight excluding hydrogens is 324 g/mol. The van der Waals surface area contributed by atoms with Gasteiger partial charge in [0.05, 0.1) is 6.54 Å². The number of likely N-dealkylation sites (tertiary alicyclic amines) is 1. The van der Waals surface area contributed by atoms with Crippen molar-refractivity contribution in [2.24, 2.45) is 0 Å². The first-order chi connectivity index (χ1) is 12.8. The summed E-state index contributed by atoms with van der Waals surface area (Å²) in [7, 11) is 0. The molecule has 0 spiro atoms. The molecule has 2 atom stereocenters. The van der Waals surface area contributed by atoms with E-state index in [0.29, 0.717) is 25.2 Å². The third-order valence-corrected chi connectivity index (χ3v) is 5.42. The Balaban J connectivity index is 1.48. The van der Waals surface area contributed by atoms with Crippen molar-refractivity contribution in [3.63, 3.8) is 0 Å². The van der Waals surface area contributed by atoms with Crippen LogP contribution in [0.4, 0.5) is 5.69 Å². The summed E-state index contributed by atoms with van der Waals surface area (Å²) in [5, 5.41) is 3.65. The fraction of sp³-hybridized carbons (Fsp3) is 0.429. The molecule has 5 heteroatoms. The molecule has 1 N–H and O–H groups in total. The van der Waals surface area contributed by atoms with Gasteiger partial charge < -0.3 is 15.1 Å². The van der Waals surface area contributed by atoms with Crippen molar-refractivity contribution < 1.29 is 4.79 Å². The third-order valence-electron chi connectivity index (χ3n) is 5.42. The minimum absolute atomic E-state index is 0.215. The van der Waals surface area contributed by atoms with E-state index < -0.39 is 0 Å². The van der Waals surface area contributed by atoms with E-state index in [-0.39, 0.29) is 5.91 Å². The predicted octanol–water partition coefficient (Wildman–Crippen LogP) is 2.44. The lowest BCUT2D eigenvalue weighted by Gasteiger charge is -2.29. The molecule has 1 amide bonds. The van der Waals surface area contributed by atoms with Crippen molar-refractivity contribution >= 4 is 11.6 Å². The summed E-state index contributed by atoms with van der Waals surface area (Å²) in [5.41, 5.74) is 2.18. The number of hydrogen-bond donors (Lipinski definition) is 1. The van der Waals surface area contributed by atoms with Crippen LogP contribution in [0.15, 0.2) is 54.9 Å². The number of benzene rings is 1. The number of para-hydroxylation sites is 1. The predicted molar refractivity (Wildman–Crippen MR) is 103 cm³/mol. The molecule has 5 nitrogen and oxygen atoms in total. The lowest BCUT2D eigenvalue weighted by molar-refractivity contribution is -0.130. The van der Waals surface area contributed by atoms with Gasteiger partial charge in [0.1, 0.15) is 0 Å². The molecule has 1 aromatic heterocycles. The van der Waals surface area contributed by atoms with Crippen LogP contribution < -0.4 is 10.2 Å². The molecule has 4 rings (SSSR count). The zero-order valence-electron chi connectivity index (χ0n) is 15.1. The van der Waals surface area contributed by atoms with Crippen molar-refractivity contribution in [2.45, 2.75) is 37.9 Å². The number of nitrogens with one attached hydrogen (secondary N) is 1. The van der Waals surface area contributed by atoms with E-state index in [1.165, 1.54) is 12.8 Å². The van der Waals surface area contributed by atoms with Crippen molar-refractivity contribution in [2.75, 3.05) is 24.5 Å². The van der Waals surface area contributed by atoms with Gasteiger partial charge in [-0.3, -0.25) is 9.78 Å². The maximum atomic E-state index is 13.0. The van der Waals surface area contributed by atoms with E-state index in [4.69, 9.17) is 0 Å². The van der Waals surface area contributed by atoms with Crippen LogP contribution in [0.1, 0.15) is 24.8 Å². The smallest absolute Gasteiger partial charge is 0.242 e. The highest BCUT2D eigenvalue weighted by Gasteiger charge is 2.31. The molecule has 2 aliphatic rings. The highest BCUT2D eigenvalue weighted by atomic mass is 16.2. The van der Waals surface area contributed by atoms with E-state index >= 15 is 0 Å². The number of rotatable bonds is 5. The fourth-order valence-corrected chi connectivity index (χ4v) is 4.02. The largest absolute Gasteiger partial charge is 0.358 e. The van der Waals surface area contributed by atoms with Crippen molar-refractivity contribution in [3.8, 4) is 0 Å². The van der Waals surface area contributed by atoms with Crippen LogP contribution in [0.3, 0.4) is 0 Å². The Bertz CT molecular complexity index is 721. The highest BCUT2D eigenvalue weighted by Crippen LogP contribution is 2.22. The molecule has 3 heterocycles. The summed E-state index contributed by atoms with van der Waals surface area (Å²) in [5.74, 6) is 0.215. The Kier molecular flexibility index (Phi) is 5.16. The molecular formula is C21H26N4O. The topological polar surface area (TPSA) is 48.5 Å². The number of carbonyl (C=O) groups excluding carboxylic acids is 1. The van der Waals surface area contributed by atoms with Crippen molar-refractivity contribution in [3.05, 3.63) is 60.4 Å². The Morgan fingerprint density at radius 1 is 1.12 bits per heavy atom. The summed E-state index contributed by atoms with van der Waals surface area (Å²) in [6.07, 6.45) is 7.16. The van der Waals surface area contributed by atoms with Gasteiger partial charge in [-0.25, -0.2) is 0 Å². The van der Waals surface area contributed by atoms with Crippen LogP contribution in [0.25, 0.3) is 0 Å². The highest BCUT2D eigenvalue weighted by molar-refractivity contribution is 5.81. The molecule has 2 bridgehead atoms. The van der Waals surface area contributed by atoms with Crippen molar-refractivity contribution in [1.29, 1.82) is 0 Å². The van der Waals surface area contributed by atoms with E-state index in [1.807, 2.05) is 30.5 Å². The fourth-order valence-electron chi connectivity index (χ4n) is 4.02. The summed E-state index contributed by atoms with van der Waals surface area (Å²) < 4.78 is 0. The van der Waals surface area contributed by atoms with Crippen LogP contribution in [-0.2, 0) is 11.3 Å². The van der Waals surface area contributed by atoms with Crippen LogP contribution in [-0.4, -0.2) is 47.5 Å². The molecule has 0 aliphatic carbocycles. The summed E-state index contributed by atoms with van der Waals surface area (Å²) in [6, 6.07) is 15.2. The molecule has 2 fully saturated rings. The lowest BCUT2D eigenvalue weighted by atomic mass is 10.1. The van der Waals surface area contributed by atoms with Gasteiger partial charge in [-0.1, -0.05) is 24.3 Å². The van der Waals surface area contributed by atoms with Crippen molar-refractivity contribution in [1.82, 2.24) is 15.2 Å². The molecule has 0 radical (unpaired) electrons. The second kappa shape index (κ2) is 7.87. The summed E-state index contributed by atoms with van der Waals surface area (Å²) >= 11 is 0. The zero-order valence-corrected chi connectivity index (χ0v) is 15.1. The van der Waals surface area contributed by atoms with Gasteiger partial charge >= 0.3 is 0 Å². The Labute approximate surface area is 155 Å². The number of hydrogen-bond acceptors (Lipinski definition) is 4. The Morgan fingerprint density at radius 3 is 2.77 bits per heavy atom. The monoisotopic (exact) mass is 350 g/mol. The maximum absolute atomic E-state index is 13.0. The van der Waals surface area contributed by atoms with Crippen LogP contribution in [0.5, 0.6) is 0 Å². The van der Waals surface area contributed by atoms with Gasteiger partial charge in [-0.15, -0.1) is 0 Å². The van der Waals surface area contributed by atoms with Crippen LogP contribution in [0, 0.1) is 0 Å². The quantitative estimate of drug-likeness (QED) is 0.900.